The molecule has 0 unspecified atom stereocenters. The van der Waals surface area contributed by atoms with Gasteiger partial charge in [-0.25, -0.2) is 0 Å². The highest BCUT2D eigenvalue weighted by Crippen LogP contribution is 2.26. The van der Waals surface area contributed by atoms with E-state index in [1.165, 1.54) is 15.6 Å². The SMILES string of the molecule is N[C@H](COc1cncc(C=Cc2ccncc2)c1)Cc1csc2ccccc12. The number of benzene rings is 1. The maximum atomic E-state index is 6.32. The zero-order valence-electron chi connectivity index (χ0n) is 15.4. The number of fused-ring (bicyclic) bond motifs is 1. The highest BCUT2D eigenvalue weighted by atomic mass is 32.1. The Morgan fingerprint density at radius 1 is 1.00 bits per heavy atom. The second-order valence-electron chi connectivity index (χ2n) is 6.60. The monoisotopic (exact) mass is 387 g/mol. The van der Waals surface area contributed by atoms with Gasteiger partial charge in [-0.15, -0.1) is 11.3 Å². The fourth-order valence-electron chi connectivity index (χ4n) is 3.01. The Hall–Kier alpha value is -3.02. The van der Waals surface area contributed by atoms with E-state index in [-0.39, 0.29) is 6.04 Å². The van der Waals surface area contributed by atoms with E-state index in [4.69, 9.17) is 10.5 Å². The largest absolute Gasteiger partial charge is 0.490 e. The zero-order valence-corrected chi connectivity index (χ0v) is 16.2. The minimum atomic E-state index is -0.0750. The van der Waals surface area contributed by atoms with Gasteiger partial charge in [0, 0.05) is 29.3 Å². The number of nitrogens with zero attached hydrogens (tertiary/aromatic N) is 2. The van der Waals surface area contributed by atoms with Gasteiger partial charge in [0.25, 0.3) is 0 Å². The second kappa shape index (κ2) is 8.78. The molecule has 0 bridgehead atoms. The Balaban J connectivity index is 1.36. The van der Waals surface area contributed by atoms with Gasteiger partial charge in [-0.1, -0.05) is 30.4 Å². The van der Waals surface area contributed by atoms with Gasteiger partial charge in [-0.05, 0) is 58.1 Å². The van der Waals surface area contributed by atoms with Crippen molar-refractivity contribution in [3.63, 3.8) is 0 Å². The van der Waals surface area contributed by atoms with E-state index in [1.807, 2.05) is 36.5 Å². The molecule has 4 rings (SSSR count). The van der Waals surface area contributed by atoms with E-state index in [0.717, 1.165) is 23.3 Å². The molecule has 3 heterocycles. The molecule has 0 spiro atoms. The summed E-state index contributed by atoms with van der Waals surface area (Å²) < 4.78 is 7.19. The van der Waals surface area contributed by atoms with Crippen molar-refractivity contribution in [3.8, 4) is 5.75 Å². The number of pyridine rings is 2. The van der Waals surface area contributed by atoms with Gasteiger partial charge in [0.1, 0.15) is 12.4 Å². The predicted molar refractivity (Wildman–Crippen MR) is 116 cm³/mol. The molecule has 0 saturated carbocycles. The second-order valence-corrected chi connectivity index (χ2v) is 7.51. The van der Waals surface area contributed by atoms with E-state index in [1.54, 1.807) is 29.9 Å². The van der Waals surface area contributed by atoms with E-state index in [9.17, 15) is 0 Å². The Morgan fingerprint density at radius 3 is 2.71 bits per heavy atom. The predicted octanol–water partition coefficient (Wildman–Crippen LogP) is 4.81. The lowest BCUT2D eigenvalue weighted by Gasteiger charge is -2.13. The molecule has 28 heavy (non-hydrogen) atoms. The average Bonchev–Trinajstić information content (AvgIpc) is 3.15. The molecule has 140 valence electrons. The third kappa shape index (κ3) is 4.63. The molecule has 0 amide bonds. The first-order chi connectivity index (χ1) is 13.8. The normalized spacial score (nSPS) is 12.5. The Bertz CT molecular complexity index is 1080. The first kappa shape index (κ1) is 18.3. The molecule has 0 aliphatic rings. The van der Waals surface area contributed by atoms with Gasteiger partial charge in [-0.3, -0.25) is 9.97 Å². The van der Waals surface area contributed by atoms with Crippen molar-refractivity contribution in [1.29, 1.82) is 0 Å². The molecule has 3 aromatic heterocycles. The van der Waals surface area contributed by atoms with Crippen molar-refractivity contribution in [1.82, 2.24) is 9.97 Å². The molecular weight excluding hydrogens is 366 g/mol. The highest BCUT2D eigenvalue weighted by Gasteiger charge is 2.10. The Kier molecular flexibility index (Phi) is 5.75. The lowest BCUT2D eigenvalue weighted by atomic mass is 10.1. The summed E-state index contributed by atoms with van der Waals surface area (Å²) in [6, 6.07) is 14.2. The van der Waals surface area contributed by atoms with Gasteiger partial charge in [0.15, 0.2) is 0 Å². The van der Waals surface area contributed by atoms with Crippen LogP contribution in [0, 0.1) is 0 Å². The zero-order chi connectivity index (χ0) is 19.2. The van der Waals surface area contributed by atoms with Gasteiger partial charge in [0.05, 0.1) is 6.20 Å². The maximum Gasteiger partial charge on any atom is 0.138 e. The van der Waals surface area contributed by atoms with Crippen molar-refractivity contribution in [2.75, 3.05) is 6.61 Å². The van der Waals surface area contributed by atoms with Crippen LogP contribution in [-0.4, -0.2) is 22.6 Å². The molecule has 2 N–H and O–H groups in total. The number of thiophene rings is 1. The molecule has 5 heteroatoms. The fourth-order valence-corrected chi connectivity index (χ4v) is 3.98. The summed E-state index contributed by atoms with van der Waals surface area (Å²) in [7, 11) is 0. The first-order valence-corrected chi connectivity index (χ1v) is 10.0. The average molecular weight is 388 g/mol. The summed E-state index contributed by atoms with van der Waals surface area (Å²) in [4.78, 5) is 8.28. The number of ether oxygens (including phenoxy) is 1. The Labute approximate surface area is 168 Å². The van der Waals surface area contributed by atoms with Crippen molar-refractivity contribution < 1.29 is 4.74 Å². The summed E-state index contributed by atoms with van der Waals surface area (Å²) in [5, 5.41) is 3.48. The van der Waals surface area contributed by atoms with E-state index in [0.29, 0.717) is 6.61 Å². The third-order valence-corrected chi connectivity index (χ3v) is 5.43. The van der Waals surface area contributed by atoms with Crippen LogP contribution in [0.15, 0.2) is 72.6 Å². The van der Waals surface area contributed by atoms with E-state index < -0.39 is 0 Å². The minimum absolute atomic E-state index is 0.0750. The van der Waals surface area contributed by atoms with Crippen molar-refractivity contribution in [2.24, 2.45) is 5.73 Å². The molecule has 0 aliphatic heterocycles. The molecule has 4 nitrogen and oxygen atoms in total. The summed E-state index contributed by atoms with van der Waals surface area (Å²) in [6.07, 6.45) is 11.9. The maximum absolute atomic E-state index is 6.32. The first-order valence-electron chi connectivity index (χ1n) is 9.14. The van der Waals surface area contributed by atoms with Crippen LogP contribution in [-0.2, 0) is 6.42 Å². The van der Waals surface area contributed by atoms with E-state index in [2.05, 4.69) is 39.6 Å². The van der Waals surface area contributed by atoms with Crippen molar-refractivity contribution in [2.45, 2.75) is 12.5 Å². The summed E-state index contributed by atoms with van der Waals surface area (Å²) in [5.41, 5.74) is 9.66. The lowest BCUT2D eigenvalue weighted by molar-refractivity contribution is 0.287. The molecule has 0 radical (unpaired) electrons. The van der Waals surface area contributed by atoms with Gasteiger partial charge in [-0.2, -0.15) is 0 Å². The smallest absolute Gasteiger partial charge is 0.138 e. The minimum Gasteiger partial charge on any atom is -0.490 e. The lowest BCUT2D eigenvalue weighted by Crippen LogP contribution is -2.30. The van der Waals surface area contributed by atoms with Crippen LogP contribution in [0.2, 0.25) is 0 Å². The van der Waals surface area contributed by atoms with Crippen molar-refractivity contribution in [3.05, 3.63) is 89.3 Å². The van der Waals surface area contributed by atoms with Crippen LogP contribution in [0.3, 0.4) is 0 Å². The number of aromatic nitrogens is 2. The van der Waals surface area contributed by atoms with Crippen molar-refractivity contribution >= 4 is 33.6 Å². The number of hydrogen-bond donors (Lipinski definition) is 1. The standard InChI is InChI=1S/C23H21N3OS/c24-20(12-19-16-28-23-4-2-1-3-22(19)23)15-27-21-11-18(13-26-14-21)6-5-17-7-9-25-10-8-17/h1-11,13-14,16,20H,12,15,24H2/t20-/m0/s1. The Morgan fingerprint density at radius 2 is 1.82 bits per heavy atom. The number of hydrogen-bond acceptors (Lipinski definition) is 5. The van der Waals surface area contributed by atoms with Crippen LogP contribution < -0.4 is 10.5 Å². The van der Waals surface area contributed by atoms with Gasteiger partial charge >= 0.3 is 0 Å². The van der Waals surface area contributed by atoms with Crippen LogP contribution in [0.4, 0.5) is 0 Å². The fraction of sp³-hybridized carbons (Fsp3) is 0.130. The molecular formula is C23H21N3OS. The summed E-state index contributed by atoms with van der Waals surface area (Å²) >= 11 is 1.76. The molecule has 1 aromatic carbocycles. The molecule has 0 fully saturated rings. The van der Waals surface area contributed by atoms with Gasteiger partial charge in [0.2, 0.25) is 0 Å². The summed E-state index contributed by atoms with van der Waals surface area (Å²) in [5.74, 6) is 0.725. The molecule has 0 saturated heterocycles. The van der Waals surface area contributed by atoms with Crippen LogP contribution in [0.1, 0.15) is 16.7 Å². The highest BCUT2D eigenvalue weighted by molar-refractivity contribution is 7.17. The number of rotatable bonds is 7. The van der Waals surface area contributed by atoms with Crippen LogP contribution >= 0.6 is 11.3 Å². The third-order valence-electron chi connectivity index (χ3n) is 4.42. The van der Waals surface area contributed by atoms with Crippen LogP contribution in [0.25, 0.3) is 22.2 Å². The quantitative estimate of drug-likeness (QED) is 0.494. The molecule has 0 aliphatic carbocycles. The summed E-state index contributed by atoms with van der Waals surface area (Å²) in [6.45, 7) is 0.448. The van der Waals surface area contributed by atoms with Gasteiger partial charge < -0.3 is 10.5 Å². The molecule has 4 aromatic rings. The number of nitrogens with two attached hydrogens (primary N) is 1. The molecule has 1 atom stereocenters. The topological polar surface area (TPSA) is 61.0 Å². The van der Waals surface area contributed by atoms with E-state index >= 15 is 0 Å². The van der Waals surface area contributed by atoms with Crippen LogP contribution in [0.5, 0.6) is 5.75 Å².